The zero-order valence-corrected chi connectivity index (χ0v) is 20.6. The third-order valence-corrected chi connectivity index (χ3v) is 8.94. The van der Waals surface area contributed by atoms with Crippen LogP contribution in [-0.2, 0) is 16.1 Å². The summed E-state index contributed by atoms with van der Waals surface area (Å²) in [5.41, 5.74) is 2.70. The molecule has 2 saturated heterocycles. The third-order valence-electron chi connectivity index (χ3n) is 8.94. The number of fused-ring (bicyclic) bond motifs is 2. The van der Waals surface area contributed by atoms with Crippen molar-refractivity contribution in [1.29, 1.82) is 0 Å². The van der Waals surface area contributed by atoms with Crippen LogP contribution < -0.4 is 0 Å². The fourth-order valence-electron chi connectivity index (χ4n) is 6.72. The van der Waals surface area contributed by atoms with Gasteiger partial charge in [-0.15, -0.1) is 0 Å². The van der Waals surface area contributed by atoms with Gasteiger partial charge in [0, 0.05) is 29.5 Å². The van der Waals surface area contributed by atoms with Crippen molar-refractivity contribution in [3.63, 3.8) is 0 Å². The molecule has 3 saturated carbocycles. The molecular weight excluding hydrogens is 416 g/mol. The van der Waals surface area contributed by atoms with Gasteiger partial charge in [0.05, 0.1) is 18.4 Å². The summed E-state index contributed by atoms with van der Waals surface area (Å²) < 4.78 is 18.2. The smallest absolute Gasteiger partial charge is 0.410 e. The van der Waals surface area contributed by atoms with Crippen LogP contribution in [-0.4, -0.2) is 39.9 Å². The molecule has 2 atom stereocenters. The van der Waals surface area contributed by atoms with E-state index < -0.39 is 5.60 Å². The molecule has 6 nitrogen and oxygen atoms in total. The first-order valence-electron chi connectivity index (χ1n) is 13.4. The molecule has 182 valence electrons. The van der Waals surface area contributed by atoms with E-state index in [9.17, 15) is 4.79 Å². The van der Waals surface area contributed by atoms with Crippen molar-refractivity contribution >= 4 is 6.09 Å². The van der Waals surface area contributed by atoms with Gasteiger partial charge in [0.15, 0.2) is 0 Å². The van der Waals surface area contributed by atoms with Crippen LogP contribution in [0.1, 0.15) is 127 Å². The normalized spacial score (nSPS) is 31.2. The summed E-state index contributed by atoms with van der Waals surface area (Å²) in [6.07, 6.45) is 14.5. The van der Waals surface area contributed by atoms with Crippen LogP contribution in [0.15, 0.2) is 4.52 Å². The summed E-state index contributed by atoms with van der Waals surface area (Å²) in [5.74, 6) is 2.19. The monoisotopic (exact) mass is 456 g/mol. The van der Waals surface area contributed by atoms with E-state index >= 15 is 0 Å². The summed E-state index contributed by atoms with van der Waals surface area (Å²) in [4.78, 5) is 14.8. The average Bonchev–Trinajstić information content (AvgIpc) is 3.68. The first kappa shape index (κ1) is 21.9. The fraction of sp³-hybridized carbons (Fsp3) is 0.852. The molecule has 1 spiro atoms. The van der Waals surface area contributed by atoms with Gasteiger partial charge in [-0.05, 0) is 103 Å². The molecule has 1 amide bonds. The largest absolute Gasteiger partial charge is 0.444 e. The molecular formula is C27H40N2O4. The first-order valence-corrected chi connectivity index (χ1v) is 13.4. The van der Waals surface area contributed by atoms with E-state index in [-0.39, 0.29) is 24.3 Å². The van der Waals surface area contributed by atoms with Crippen LogP contribution in [0, 0.1) is 5.41 Å². The highest BCUT2D eigenvalue weighted by atomic mass is 16.6. The predicted octanol–water partition coefficient (Wildman–Crippen LogP) is 6.44. The van der Waals surface area contributed by atoms with Crippen molar-refractivity contribution in [2.24, 2.45) is 5.41 Å². The SMILES string of the molecule is CC(C)(C)OC(=O)N1C2CCC1CC(OCc1c(C3CCC4(CC3)CC4)noc1C1CC1)C2. The summed E-state index contributed by atoms with van der Waals surface area (Å²) in [7, 11) is 0. The molecule has 33 heavy (non-hydrogen) atoms. The molecule has 0 radical (unpaired) electrons. The van der Waals surface area contributed by atoms with E-state index in [0.29, 0.717) is 23.9 Å². The van der Waals surface area contributed by atoms with E-state index in [1.54, 1.807) is 0 Å². The zero-order valence-electron chi connectivity index (χ0n) is 20.6. The van der Waals surface area contributed by atoms with Crippen LogP contribution >= 0.6 is 0 Å². The Morgan fingerprint density at radius 3 is 2.24 bits per heavy atom. The van der Waals surface area contributed by atoms with Crippen LogP contribution in [0.5, 0.6) is 0 Å². The summed E-state index contributed by atoms with van der Waals surface area (Å²) in [5, 5.41) is 4.62. The van der Waals surface area contributed by atoms with E-state index in [4.69, 9.17) is 14.0 Å². The van der Waals surface area contributed by atoms with E-state index in [1.807, 2.05) is 25.7 Å². The van der Waals surface area contributed by atoms with Gasteiger partial charge in [0.1, 0.15) is 11.4 Å². The average molecular weight is 457 g/mol. The van der Waals surface area contributed by atoms with Crippen LogP contribution in [0.2, 0.25) is 0 Å². The summed E-state index contributed by atoms with van der Waals surface area (Å²) >= 11 is 0. The quantitative estimate of drug-likeness (QED) is 0.510. The molecule has 0 N–H and O–H groups in total. The number of nitrogens with zero attached hydrogens (tertiary/aromatic N) is 2. The molecule has 6 heteroatoms. The Labute approximate surface area is 197 Å². The summed E-state index contributed by atoms with van der Waals surface area (Å²) in [6.45, 7) is 6.43. The molecule has 5 aliphatic rings. The maximum absolute atomic E-state index is 12.8. The number of carbonyl (C=O) groups is 1. The van der Waals surface area contributed by atoms with Gasteiger partial charge in [-0.2, -0.15) is 0 Å². The number of carbonyl (C=O) groups excluding carboxylic acids is 1. The number of hydrogen-bond donors (Lipinski definition) is 0. The summed E-state index contributed by atoms with van der Waals surface area (Å²) in [6, 6.07) is 0.475. The number of amides is 1. The van der Waals surface area contributed by atoms with E-state index in [2.05, 4.69) is 5.16 Å². The lowest BCUT2D eigenvalue weighted by Gasteiger charge is -2.39. The number of hydrogen-bond acceptors (Lipinski definition) is 5. The van der Waals surface area contributed by atoms with Gasteiger partial charge in [0.25, 0.3) is 0 Å². The zero-order chi connectivity index (χ0) is 22.8. The molecule has 3 heterocycles. The number of aromatic nitrogens is 1. The van der Waals surface area contributed by atoms with Crippen LogP contribution in [0.3, 0.4) is 0 Å². The highest BCUT2D eigenvalue weighted by molar-refractivity contribution is 5.69. The van der Waals surface area contributed by atoms with Crippen LogP contribution in [0.4, 0.5) is 4.79 Å². The molecule has 2 unspecified atom stereocenters. The molecule has 0 aromatic carbocycles. The van der Waals surface area contributed by atoms with Crippen molar-refractivity contribution in [2.45, 2.75) is 140 Å². The minimum absolute atomic E-state index is 0.156. The standard InChI is InChI=1S/C27H40N2O4/c1-26(2,3)32-25(30)29-19-6-7-20(29)15-21(14-19)31-16-22-23(28-33-24(22)18-4-5-18)17-8-10-27(11-9-17)12-13-27/h17-21H,4-16H2,1-3H3. The minimum atomic E-state index is -0.452. The second kappa shape index (κ2) is 8.00. The molecule has 2 aliphatic heterocycles. The minimum Gasteiger partial charge on any atom is -0.444 e. The predicted molar refractivity (Wildman–Crippen MR) is 124 cm³/mol. The number of piperidine rings is 1. The maximum atomic E-state index is 12.8. The van der Waals surface area contributed by atoms with Gasteiger partial charge in [0.2, 0.25) is 0 Å². The van der Waals surface area contributed by atoms with Crippen molar-refractivity contribution in [2.75, 3.05) is 0 Å². The van der Waals surface area contributed by atoms with Crippen LogP contribution in [0.25, 0.3) is 0 Å². The van der Waals surface area contributed by atoms with Crippen molar-refractivity contribution in [1.82, 2.24) is 10.1 Å². The fourth-order valence-corrected chi connectivity index (χ4v) is 6.72. The lowest BCUT2D eigenvalue weighted by Crippen LogP contribution is -2.50. The van der Waals surface area contributed by atoms with E-state index in [1.165, 1.54) is 62.6 Å². The lowest BCUT2D eigenvalue weighted by atomic mass is 9.77. The van der Waals surface area contributed by atoms with Crippen molar-refractivity contribution in [3.8, 4) is 0 Å². The van der Waals surface area contributed by atoms with Gasteiger partial charge < -0.3 is 18.9 Å². The molecule has 1 aromatic rings. The molecule has 6 rings (SSSR count). The molecule has 3 aliphatic carbocycles. The van der Waals surface area contributed by atoms with Gasteiger partial charge in [-0.3, -0.25) is 0 Å². The van der Waals surface area contributed by atoms with Crippen molar-refractivity contribution in [3.05, 3.63) is 17.0 Å². The topological polar surface area (TPSA) is 64.8 Å². The Hall–Kier alpha value is -1.56. The van der Waals surface area contributed by atoms with Gasteiger partial charge in [-0.1, -0.05) is 5.16 Å². The Morgan fingerprint density at radius 2 is 1.67 bits per heavy atom. The molecule has 2 bridgehead atoms. The Balaban J connectivity index is 1.11. The first-order chi connectivity index (χ1) is 15.8. The highest BCUT2D eigenvalue weighted by Crippen LogP contribution is 2.59. The Kier molecular flexibility index (Phi) is 5.32. The Bertz CT molecular complexity index is 870. The van der Waals surface area contributed by atoms with Gasteiger partial charge in [-0.25, -0.2) is 4.79 Å². The molecule has 1 aromatic heterocycles. The van der Waals surface area contributed by atoms with Crippen molar-refractivity contribution < 1.29 is 18.8 Å². The highest BCUT2D eigenvalue weighted by Gasteiger charge is 2.47. The second-order valence-corrected chi connectivity index (χ2v) is 12.6. The molecule has 5 fully saturated rings. The van der Waals surface area contributed by atoms with Gasteiger partial charge >= 0.3 is 6.09 Å². The third kappa shape index (κ3) is 4.44. The number of ether oxygens (including phenoxy) is 2. The Morgan fingerprint density at radius 1 is 1.00 bits per heavy atom. The second-order valence-electron chi connectivity index (χ2n) is 12.6. The number of rotatable bonds is 5. The lowest BCUT2D eigenvalue weighted by molar-refractivity contribution is -0.0400. The maximum Gasteiger partial charge on any atom is 0.410 e. The van der Waals surface area contributed by atoms with E-state index in [0.717, 1.165) is 31.4 Å².